The van der Waals surface area contributed by atoms with Crippen LogP contribution >= 0.6 is 0 Å². The molecule has 0 saturated heterocycles. The molecule has 0 spiro atoms. The molecule has 2 rings (SSSR count). The van der Waals surface area contributed by atoms with E-state index >= 15 is 0 Å². The van der Waals surface area contributed by atoms with E-state index in [-0.39, 0.29) is 11.9 Å². The third-order valence-corrected chi connectivity index (χ3v) is 3.09. The van der Waals surface area contributed by atoms with Gasteiger partial charge in [-0.15, -0.1) is 0 Å². The highest BCUT2D eigenvalue weighted by Gasteiger charge is 2.13. The van der Waals surface area contributed by atoms with Crippen LogP contribution in [0.15, 0.2) is 54.6 Å². The lowest BCUT2D eigenvalue weighted by molar-refractivity contribution is 0.0935. The molecular formula is C16H18N2O. The number of nitrogen functional groups attached to an aromatic ring is 1. The summed E-state index contributed by atoms with van der Waals surface area (Å²) in [6.07, 6.45) is 0.852. The zero-order chi connectivity index (χ0) is 13.7. The first-order chi connectivity index (χ1) is 9.20. The Labute approximate surface area is 113 Å². The molecule has 1 amide bonds. The third kappa shape index (κ3) is 3.35. The Balaban J connectivity index is 2.10. The maximum Gasteiger partial charge on any atom is 0.251 e. The second-order valence-corrected chi connectivity index (χ2v) is 4.47. The van der Waals surface area contributed by atoms with Gasteiger partial charge in [-0.05, 0) is 36.2 Å². The first-order valence-electron chi connectivity index (χ1n) is 6.42. The number of rotatable bonds is 4. The van der Waals surface area contributed by atoms with Crippen LogP contribution in [0.1, 0.15) is 35.3 Å². The second-order valence-electron chi connectivity index (χ2n) is 4.47. The summed E-state index contributed by atoms with van der Waals surface area (Å²) in [5.74, 6) is -0.0734. The maximum atomic E-state index is 12.1. The summed E-state index contributed by atoms with van der Waals surface area (Å²) in [4.78, 5) is 12.1. The summed E-state index contributed by atoms with van der Waals surface area (Å²) in [5.41, 5.74) is 8.02. The van der Waals surface area contributed by atoms with Gasteiger partial charge in [0.15, 0.2) is 0 Å². The van der Waals surface area contributed by atoms with Gasteiger partial charge < -0.3 is 11.1 Å². The number of benzene rings is 2. The molecule has 0 radical (unpaired) electrons. The SMILES string of the molecule is CC[C@@H](NC(=O)c1ccc(N)cc1)c1ccccc1. The smallest absolute Gasteiger partial charge is 0.251 e. The second kappa shape index (κ2) is 6.05. The van der Waals surface area contributed by atoms with E-state index in [0.717, 1.165) is 12.0 Å². The average molecular weight is 254 g/mol. The van der Waals surface area contributed by atoms with Crippen molar-refractivity contribution in [2.75, 3.05) is 5.73 Å². The van der Waals surface area contributed by atoms with E-state index in [9.17, 15) is 4.79 Å². The highest BCUT2D eigenvalue weighted by atomic mass is 16.1. The first kappa shape index (κ1) is 13.1. The molecule has 98 valence electrons. The summed E-state index contributed by atoms with van der Waals surface area (Å²) in [5, 5.41) is 3.04. The molecule has 3 heteroatoms. The number of nitrogens with one attached hydrogen (secondary N) is 1. The van der Waals surface area contributed by atoms with Crippen molar-refractivity contribution >= 4 is 11.6 Å². The van der Waals surface area contributed by atoms with Gasteiger partial charge in [0.25, 0.3) is 5.91 Å². The van der Waals surface area contributed by atoms with Crippen molar-refractivity contribution in [3.05, 3.63) is 65.7 Å². The number of carbonyl (C=O) groups excluding carboxylic acids is 1. The lowest BCUT2D eigenvalue weighted by Gasteiger charge is -2.17. The largest absolute Gasteiger partial charge is 0.399 e. The topological polar surface area (TPSA) is 55.1 Å². The van der Waals surface area contributed by atoms with Crippen LogP contribution in [0.3, 0.4) is 0 Å². The van der Waals surface area contributed by atoms with Gasteiger partial charge in [0.1, 0.15) is 0 Å². The van der Waals surface area contributed by atoms with E-state index in [2.05, 4.69) is 12.2 Å². The Hall–Kier alpha value is -2.29. The highest BCUT2D eigenvalue weighted by Crippen LogP contribution is 2.17. The quantitative estimate of drug-likeness (QED) is 0.823. The monoisotopic (exact) mass is 254 g/mol. The van der Waals surface area contributed by atoms with Crippen LogP contribution in [0.2, 0.25) is 0 Å². The molecule has 0 heterocycles. The molecule has 0 fully saturated rings. The molecule has 0 saturated carbocycles. The average Bonchev–Trinajstić information content (AvgIpc) is 2.46. The van der Waals surface area contributed by atoms with Gasteiger partial charge in [-0.1, -0.05) is 37.3 Å². The van der Waals surface area contributed by atoms with E-state index in [4.69, 9.17) is 5.73 Å². The number of nitrogens with two attached hydrogens (primary N) is 1. The molecule has 3 N–H and O–H groups in total. The van der Waals surface area contributed by atoms with Crippen molar-refractivity contribution in [1.82, 2.24) is 5.32 Å². The minimum absolute atomic E-state index is 0.0336. The van der Waals surface area contributed by atoms with Gasteiger partial charge >= 0.3 is 0 Å². The van der Waals surface area contributed by atoms with E-state index < -0.39 is 0 Å². The first-order valence-corrected chi connectivity index (χ1v) is 6.42. The summed E-state index contributed by atoms with van der Waals surface area (Å²) in [7, 11) is 0. The van der Waals surface area contributed by atoms with E-state index in [1.54, 1.807) is 24.3 Å². The molecule has 3 nitrogen and oxygen atoms in total. The zero-order valence-electron chi connectivity index (χ0n) is 11.0. The standard InChI is InChI=1S/C16H18N2O/c1-2-15(12-6-4-3-5-7-12)18-16(19)13-8-10-14(17)11-9-13/h3-11,15H,2,17H2,1H3,(H,18,19)/t15-/m1/s1. The van der Waals surface area contributed by atoms with Crippen LogP contribution < -0.4 is 11.1 Å². The molecule has 0 aliphatic heterocycles. The summed E-state index contributed by atoms with van der Waals surface area (Å²) < 4.78 is 0. The molecule has 1 atom stereocenters. The lowest BCUT2D eigenvalue weighted by atomic mass is 10.0. The van der Waals surface area contributed by atoms with E-state index in [0.29, 0.717) is 11.3 Å². The fraction of sp³-hybridized carbons (Fsp3) is 0.188. The number of anilines is 1. The Kier molecular flexibility index (Phi) is 4.18. The molecule has 2 aromatic rings. The maximum absolute atomic E-state index is 12.1. The Morgan fingerprint density at radius 1 is 1.11 bits per heavy atom. The van der Waals surface area contributed by atoms with Gasteiger partial charge in [0.2, 0.25) is 0 Å². The molecule has 0 aromatic heterocycles. The molecule has 0 bridgehead atoms. The van der Waals surface area contributed by atoms with Crippen LogP contribution in [0.4, 0.5) is 5.69 Å². The van der Waals surface area contributed by atoms with Gasteiger partial charge in [-0.25, -0.2) is 0 Å². The summed E-state index contributed by atoms with van der Waals surface area (Å²) in [6, 6.07) is 17.0. The van der Waals surface area contributed by atoms with Crippen molar-refractivity contribution in [3.8, 4) is 0 Å². The van der Waals surface area contributed by atoms with Crippen LogP contribution in [0.5, 0.6) is 0 Å². The molecule has 0 unspecified atom stereocenters. The van der Waals surface area contributed by atoms with Crippen LogP contribution in [-0.4, -0.2) is 5.91 Å². The van der Waals surface area contributed by atoms with Crippen molar-refractivity contribution in [3.63, 3.8) is 0 Å². The van der Waals surface area contributed by atoms with Crippen molar-refractivity contribution in [2.24, 2.45) is 0 Å². The third-order valence-electron chi connectivity index (χ3n) is 3.09. The van der Waals surface area contributed by atoms with Gasteiger partial charge in [0.05, 0.1) is 6.04 Å². The normalized spacial score (nSPS) is 11.8. The van der Waals surface area contributed by atoms with Crippen LogP contribution in [-0.2, 0) is 0 Å². The highest BCUT2D eigenvalue weighted by molar-refractivity contribution is 5.94. The van der Waals surface area contributed by atoms with E-state index in [1.807, 2.05) is 30.3 Å². The fourth-order valence-electron chi connectivity index (χ4n) is 1.98. The Morgan fingerprint density at radius 2 is 1.74 bits per heavy atom. The molecule has 0 aliphatic carbocycles. The number of amides is 1. The molecule has 2 aromatic carbocycles. The molecular weight excluding hydrogens is 236 g/mol. The van der Waals surface area contributed by atoms with Gasteiger partial charge in [-0.3, -0.25) is 4.79 Å². The van der Waals surface area contributed by atoms with E-state index in [1.165, 1.54) is 0 Å². The van der Waals surface area contributed by atoms with Crippen LogP contribution in [0.25, 0.3) is 0 Å². The predicted molar refractivity (Wildman–Crippen MR) is 77.8 cm³/mol. The number of hydrogen-bond donors (Lipinski definition) is 2. The van der Waals surface area contributed by atoms with Crippen molar-refractivity contribution in [2.45, 2.75) is 19.4 Å². The number of carbonyl (C=O) groups is 1. The lowest BCUT2D eigenvalue weighted by Crippen LogP contribution is -2.28. The predicted octanol–water partition coefficient (Wildman–Crippen LogP) is 3.15. The van der Waals surface area contributed by atoms with Gasteiger partial charge in [-0.2, -0.15) is 0 Å². The number of hydrogen-bond acceptors (Lipinski definition) is 2. The summed E-state index contributed by atoms with van der Waals surface area (Å²) in [6.45, 7) is 2.06. The zero-order valence-corrected chi connectivity index (χ0v) is 11.0. The van der Waals surface area contributed by atoms with Gasteiger partial charge in [0, 0.05) is 11.3 Å². The van der Waals surface area contributed by atoms with Crippen LogP contribution in [0, 0.1) is 0 Å². The summed E-state index contributed by atoms with van der Waals surface area (Å²) >= 11 is 0. The minimum atomic E-state index is -0.0734. The van der Waals surface area contributed by atoms with Crippen molar-refractivity contribution < 1.29 is 4.79 Å². The Morgan fingerprint density at radius 3 is 2.32 bits per heavy atom. The molecule has 19 heavy (non-hydrogen) atoms. The minimum Gasteiger partial charge on any atom is -0.399 e. The Bertz CT molecular complexity index is 534. The fourth-order valence-corrected chi connectivity index (χ4v) is 1.98. The molecule has 0 aliphatic rings. The van der Waals surface area contributed by atoms with Crippen molar-refractivity contribution in [1.29, 1.82) is 0 Å².